The Hall–Kier alpha value is -4.04. The van der Waals surface area contributed by atoms with Crippen LogP contribution in [0.15, 0.2) is 91.0 Å². The van der Waals surface area contributed by atoms with Gasteiger partial charge in [-0.15, -0.1) is 5.10 Å². The van der Waals surface area contributed by atoms with Crippen molar-refractivity contribution in [3.63, 3.8) is 0 Å². The molecule has 0 spiro atoms. The monoisotopic (exact) mass is 423 g/mol. The van der Waals surface area contributed by atoms with E-state index in [1.54, 1.807) is 0 Å². The van der Waals surface area contributed by atoms with E-state index in [1.807, 2.05) is 97.4 Å². The number of nitrogens with zero attached hydrogens (tertiary/aromatic N) is 3. The molecule has 32 heavy (non-hydrogen) atoms. The molecular weight excluding hydrogens is 398 g/mol. The fourth-order valence-corrected chi connectivity index (χ4v) is 3.26. The molecule has 0 saturated carbocycles. The molecule has 160 valence electrons. The Morgan fingerprint density at radius 1 is 0.781 bits per heavy atom. The van der Waals surface area contributed by atoms with Crippen LogP contribution >= 0.6 is 0 Å². The zero-order chi connectivity index (χ0) is 22.2. The maximum absolute atomic E-state index is 6.09. The van der Waals surface area contributed by atoms with Crippen molar-refractivity contribution in [3.8, 4) is 23.3 Å². The summed E-state index contributed by atoms with van der Waals surface area (Å²) in [6.07, 6.45) is -0.604. The predicted octanol–water partition coefficient (Wildman–Crippen LogP) is 5.29. The molecule has 0 aliphatic carbocycles. The van der Waals surface area contributed by atoms with Gasteiger partial charge in [0, 0.05) is 0 Å². The van der Waals surface area contributed by atoms with Gasteiger partial charge in [-0.05, 0) is 49.6 Å². The molecule has 2 atom stereocenters. The molecule has 0 saturated heterocycles. The first kappa shape index (κ1) is 21.2. The SMILES string of the molecule is CC(C#Cc1c([C@@H](C)Oc2ccccc2)nnn1Cc1ccccc1)Oc1ccccc1. The number of para-hydroxylation sites is 2. The van der Waals surface area contributed by atoms with E-state index in [2.05, 4.69) is 34.3 Å². The molecule has 0 aliphatic rings. The maximum Gasteiger partial charge on any atom is 0.156 e. The molecule has 5 heteroatoms. The summed E-state index contributed by atoms with van der Waals surface area (Å²) in [7, 11) is 0. The molecule has 0 bridgehead atoms. The number of benzene rings is 3. The Kier molecular flexibility index (Phi) is 6.84. The molecule has 5 nitrogen and oxygen atoms in total. The number of aromatic nitrogens is 3. The lowest BCUT2D eigenvalue weighted by atomic mass is 10.2. The molecule has 1 aromatic heterocycles. The van der Waals surface area contributed by atoms with Crippen LogP contribution in [0.2, 0.25) is 0 Å². The summed E-state index contributed by atoms with van der Waals surface area (Å²) in [5.74, 6) is 8.00. The summed E-state index contributed by atoms with van der Waals surface area (Å²) < 4.78 is 13.8. The van der Waals surface area contributed by atoms with Gasteiger partial charge in [-0.3, -0.25) is 0 Å². The zero-order valence-corrected chi connectivity index (χ0v) is 18.2. The van der Waals surface area contributed by atoms with Gasteiger partial charge in [-0.2, -0.15) is 0 Å². The molecule has 0 N–H and O–H groups in total. The van der Waals surface area contributed by atoms with Gasteiger partial charge in [0.1, 0.15) is 29.0 Å². The minimum atomic E-state index is -0.309. The molecule has 4 rings (SSSR count). The van der Waals surface area contributed by atoms with Crippen molar-refractivity contribution in [3.05, 3.63) is 108 Å². The maximum atomic E-state index is 6.09. The number of hydrogen-bond donors (Lipinski definition) is 0. The third kappa shape index (κ3) is 5.55. The minimum Gasteiger partial charge on any atom is -0.484 e. The van der Waals surface area contributed by atoms with Crippen LogP contribution in [0.1, 0.15) is 36.9 Å². The van der Waals surface area contributed by atoms with E-state index < -0.39 is 0 Å². The second-order valence-corrected chi connectivity index (χ2v) is 7.38. The molecule has 1 heterocycles. The van der Waals surface area contributed by atoms with E-state index in [9.17, 15) is 0 Å². The Morgan fingerprint density at radius 2 is 1.34 bits per heavy atom. The number of rotatable bonds is 7. The average molecular weight is 424 g/mol. The average Bonchev–Trinajstić information content (AvgIpc) is 3.22. The first-order valence-electron chi connectivity index (χ1n) is 10.6. The molecule has 0 aliphatic heterocycles. The first-order valence-corrected chi connectivity index (χ1v) is 10.6. The fraction of sp³-hybridized carbons (Fsp3) is 0.185. The minimum absolute atomic E-state index is 0.296. The largest absolute Gasteiger partial charge is 0.484 e. The topological polar surface area (TPSA) is 49.2 Å². The van der Waals surface area contributed by atoms with Crippen molar-refractivity contribution in [2.45, 2.75) is 32.6 Å². The molecule has 0 fully saturated rings. The van der Waals surface area contributed by atoms with Gasteiger partial charge in [0.2, 0.25) is 0 Å². The van der Waals surface area contributed by atoms with E-state index >= 15 is 0 Å². The van der Waals surface area contributed by atoms with Gasteiger partial charge in [-0.25, -0.2) is 4.68 Å². The van der Waals surface area contributed by atoms with Crippen molar-refractivity contribution >= 4 is 0 Å². The lowest BCUT2D eigenvalue weighted by Crippen LogP contribution is -2.11. The molecule has 0 amide bonds. The van der Waals surface area contributed by atoms with E-state index in [4.69, 9.17) is 9.47 Å². The second kappa shape index (κ2) is 10.3. The van der Waals surface area contributed by atoms with Gasteiger partial charge >= 0.3 is 0 Å². The van der Waals surface area contributed by atoms with E-state index in [-0.39, 0.29) is 12.2 Å². The molecule has 3 aromatic carbocycles. The van der Waals surface area contributed by atoms with Crippen molar-refractivity contribution in [1.29, 1.82) is 0 Å². The smallest absolute Gasteiger partial charge is 0.156 e. The predicted molar refractivity (Wildman–Crippen MR) is 124 cm³/mol. The third-order valence-corrected chi connectivity index (χ3v) is 4.83. The highest BCUT2D eigenvalue weighted by atomic mass is 16.5. The normalized spacial score (nSPS) is 12.3. The van der Waals surface area contributed by atoms with Gasteiger partial charge in [0.25, 0.3) is 0 Å². The highest BCUT2D eigenvalue weighted by Gasteiger charge is 2.19. The van der Waals surface area contributed by atoms with Crippen LogP contribution in [0.3, 0.4) is 0 Å². The van der Waals surface area contributed by atoms with Gasteiger partial charge < -0.3 is 9.47 Å². The van der Waals surface area contributed by atoms with Gasteiger partial charge in [0.05, 0.1) is 6.54 Å². The third-order valence-electron chi connectivity index (χ3n) is 4.83. The summed E-state index contributed by atoms with van der Waals surface area (Å²) in [6, 6.07) is 29.5. The van der Waals surface area contributed by atoms with Gasteiger partial charge in [-0.1, -0.05) is 77.9 Å². The van der Waals surface area contributed by atoms with Crippen LogP contribution in [-0.2, 0) is 6.54 Å². The van der Waals surface area contributed by atoms with Crippen molar-refractivity contribution < 1.29 is 9.47 Å². The van der Waals surface area contributed by atoms with Crippen LogP contribution in [0.4, 0.5) is 0 Å². The summed E-state index contributed by atoms with van der Waals surface area (Å²) in [4.78, 5) is 0. The Bertz CT molecular complexity index is 1180. The van der Waals surface area contributed by atoms with Crippen LogP contribution in [0.5, 0.6) is 11.5 Å². The summed E-state index contributed by atoms with van der Waals surface area (Å²) in [5.41, 5.74) is 2.54. The lowest BCUT2D eigenvalue weighted by Gasteiger charge is -2.13. The van der Waals surface area contributed by atoms with Crippen molar-refractivity contribution in [2.75, 3.05) is 0 Å². The van der Waals surface area contributed by atoms with Gasteiger partial charge in [0.15, 0.2) is 6.10 Å². The number of ether oxygens (including phenoxy) is 2. The van der Waals surface area contributed by atoms with Crippen LogP contribution in [-0.4, -0.2) is 21.1 Å². The fourth-order valence-electron chi connectivity index (χ4n) is 3.26. The highest BCUT2D eigenvalue weighted by molar-refractivity contribution is 5.36. The van der Waals surface area contributed by atoms with Crippen LogP contribution in [0.25, 0.3) is 0 Å². The zero-order valence-electron chi connectivity index (χ0n) is 18.2. The van der Waals surface area contributed by atoms with E-state index in [1.165, 1.54) is 0 Å². The van der Waals surface area contributed by atoms with Crippen LogP contribution in [0, 0.1) is 11.8 Å². The standard InChI is InChI=1S/C27H25N3O2/c1-21(31-24-14-8-4-9-15-24)18-19-26-27(22(2)32-25-16-10-5-11-17-25)28-29-30(26)20-23-12-6-3-7-13-23/h3-17,21-22H,20H2,1-2H3/t21?,22-/m1/s1. The lowest BCUT2D eigenvalue weighted by molar-refractivity contribution is 0.221. The van der Waals surface area contributed by atoms with E-state index in [0.29, 0.717) is 12.2 Å². The first-order chi connectivity index (χ1) is 15.7. The molecule has 0 radical (unpaired) electrons. The van der Waals surface area contributed by atoms with Crippen molar-refractivity contribution in [1.82, 2.24) is 15.0 Å². The molecular formula is C27H25N3O2. The summed E-state index contributed by atoms with van der Waals surface area (Å²) >= 11 is 0. The summed E-state index contributed by atoms with van der Waals surface area (Å²) in [6.45, 7) is 4.46. The summed E-state index contributed by atoms with van der Waals surface area (Å²) in [5, 5.41) is 8.79. The van der Waals surface area contributed by atoms with Crippen molar-refractivity contribution in [2.24, 2.45) is 0 Å². The van der Waals surface area contributed by atoms with E-state index in [0.717, 1.165) is 22.8 Å². The highest BCUT2D eigenvalue weighted by Crippen LogP contribution is 2.22. The molecule has 1 unspecified atom stereocenters. The molecule has 4 aromatic rings. The Morgan fingerprint density at radius 3 is 1.97 bits per heavy atom. The van der Waals surface area contributed by atoms with Crippen LogP contribution < -0.4 is 9.47 Å². The Balaban J connectivity index is 1.60. The second-order valence-electron chi connectivity index (χ2n) is 7.38. The number of hydrogen-bond acceptors (Lipinski definition) is 4. The Labute approximate surface area is 188 Å². The quantitative estimate of drug-likeness (QED) is 0.379.